The van der Waals surface area contributed by atoms with E-state index in [4.69, 9.17) is 11.6 Å². The molecule has 0 fully saturated rings. The van der Waals surface area contributed by atoms with Gasteiger partial charge in [0.25, 0.3) is 0 Å². The molecule has 0 unspecified atom stereocenters. The molecule has 0 radical (unpaired) electrons. The van der Waals surface area contributed by atoms with Gasteiger partial charge in [-0.3, -0.25) is 9.59 Å². The molecule has 0 aliphatic carbocycles. The number of benzene rings is 1. The smallest absolute Gasteiger partial charge is 0.305 e. The van der Waals surface area contributed by atoms with Gasteiger partial charge in [-0.1, -0.05) is 17.7 Å². The average Bonchev–Trinajstić information content (AvgIpc) is 2.55. The number of ether oxygens (including phenoxy) is 2. The summed E-state index contributed by atoms with van der Waals surface area (Å²) >= 11 is 5.74. The lowest BCUT2D eigenvalue weighted by atomic mass is 9.74. The topological polar surface area (TPSA) is 76.4 Å². The summed E-state index contributed by atoms with van der Waals surface area (Å²) in [6, 6.07) is 6.01. The van der Waals surface area contributed by atoms with Crippen molar-refractivity contribution in [3.8, 4) is 6.07 Å². The second-order valence-electron chi connectivity index (χ2n) is 4.97. The number of rotatable bonds is 7. The molecule has 7 heteroatoms. The molecule has 0 amide bonds. The highest BCUT2D eigenvalue weighted by atomic mass is 35.5. The molecule has 1 aromatic rings. The maximum Gasteiger partial charge on any atom is 0.305 e. The van der Waals surface area contributed by atoms with Crippen LogP contribution in [0.4, 0.5) is 4.39 Å². The fourth-order valence-corrected chi connectivity index (χ4v) is 2.44. The largest absolute Gasteiger partial charge is 0.469 e. The molecule has 23 heavy (non-hydrogen) atoms. The minimum Gasteiger partial charge on any atom is -0.469 e. The molecule has 0 atom stereocenters. The van der Waals surface area contributed by atoms with Crippen molar-refractivity contribution in [1.82, 2.24) is 0 Å². The standard InChI is InChI=1S/C16H17ClFNO4/c1-22-14(20)5-7-16(10-19,8-6-15(21)23-2)12-4-3-11(17)9-13(12)18/h3-4,9H,5-8H2,1-2H3. The summed E-state index contributed by atoms with van der Waals surface area (Å²) in [4.78, 5) is 22.8. The van der Waals surface area contributed by atoms with E-state index in [1.165, 1.54) is 26.4 Å². The van der Waals surface area contributed by atoms with Crippen molar-refractivity contribution in [2.45, 2.75) is 31.1 Å². The monoisotopic (exact) mass is 341 g/mol. The van der Waals surface area contributed by atoms with E-state index >= 15 is 0 Å². The summed E-state index contributed by atoms with van der Waals surface area (Å²) in [6.07, 6.45) is -0.113. The van der Waals surface area contributed by atoms with Crippen molar-refractivity contribution in [2.75, 3.05) is 14.2 Å². The van der Waals surface area contributed by atoms with Crippen molar-refractivity contribution in [3.63, 3.8) is 0 Å². The van der Waals surface area contributed by atoms with Gasteiger partial charge in [0.15, 0.2) is 0 Å². The van der Waals surface area contributed by atoms with Gasteiger partial charge in [-0.05, 0) is 25.0 Å². The molecule has 0 saturated carbocycles. The lowest BCUT2D eigenvalue weighted by Crippen LogP contribution is -2.28. The molecule has 0 N–H and O–H groups in total. The van der Waals surface area contributed by atoms with Crippen LogP contribution in [0.3, 0.4) is 0 Å². The number of hydrogen-bond donors (Lipinski definition) is 0. The van der Waals surface area contributed by atoms with E-state index in [0.717, 1.165) is 6.07 Å². The van der Waals surface area contributed by atoms with Crippen LogP contribution in [0.15, 0.2) is 18.2 Å². The summed E-state index contributed by atoms with van der Waals surface area (Å²) in [5.41, 5.74) is -1.26. The molecule has 0 saturated heterocycles. The van der Waals surface area contributed by atoms with Gasteiger partial charge in [-0.2, -0.15) is 5.26 Å². The van der Waals surface area contributed by atoms with Crippen LogP contribution in [-0.2, 0) is 24.5 Å². The Morgan fingerprint density at radius 3 is 2.13 bits per heavy atom. The predicted octanol–water partition coefficient (Wildman–Crippen LogP) is 3.15. The Kier molecular flexibility index (Phi) is 6.98. The Morgan fingerprint density at radius 2 is 1.74 bits per heavy atom. The Morgan fingerprint density at radius 1 is 1.22 bits per heavy atom. The quantitative estimate of drug-likeness (QED) is 0.712. The first kappa shape index (κ1) is 18.9. The van der Waals surface area contributed by atoms with Crippen LogP contribution >= 0.6 is 11.6 Å². The second-order valence-corrected chi connectivity index (χ2v) is 5.41. The van der Waals surface area contributed by atoms with Crippen molar-refractivity contribution in [1.29, 1.82) is 5.26 Å². The minimum absolute atomic E-state index is 0.0196. The van der Waals surface area contributed by atoms with Gasteiger partial charge in [0.1, 0.15) is 5.82 Å². The molecule has 0 aliphatic rings. The molecule has 0 aliphatic heterocycles. The number of carbonyl (C=O) groups excluding carboxylic acids is 2. The van der Waals surface area contributed by atoms with Crippen LogP contribution in [0.25, 0.3) is 0 Å². The average molecular weight is 342 g/mol. The maximum absolute atomic E-state index is 14.3. The molecule has 124 valence electrons. The third kappa shape index (κ3) is 4.93. The SMILES string of the molecule is COC(=O)CCC(C#N)(CCC(=O)OC)c1ccc(Cl)cc1F. The van der Waals surface area contributed by atoms with Crippen LogP contribution in [0.1, 0.15) is 31.2 Å². The van der Waals surface area contributed by atoms with Crippen molar-refractivity contribution in [3.05, 3.63) is 34.6 Å². The van der Waals surface area contributed by atoms with Gasteiger partial charge in [0, 0.05) is 23.4 Å². The van der Waals surface area contributed by atoms with E-state index < -0.39 is 23.2 Å². The van der Waals surface area contributed by atoms with E-state index in [-0.39, 0.29) is 36.3 Å². The highest BCUT2D eigenvalue weighted by Crippen LogP contribution is 2.36. The fraction of sp³-hybridized carbons (Fsp3) is 0.438. The summed E-state index contributed by atoms with van der Waals surface area (Å²) in [5.74, 6) is -1.69. The van der Waals surface area contributed by atoms with Gasteiger partial charge in [0.2, 0.25) is 0 Å². The molecule has 5 nitrogen and oxygen atoms in total. The Bertz CT molecular complexity index is 607. The van der Waals surface area contributed by atoms with Crippen LogP contribution in [0.2, 0.25) is 5.02 Å². The minimum atomic E-state index is -1.35. The zero-order chi connectivity index (χ0) is 17.5. The molecule has 0 spiro atoms. The molecule has 1 aromatic carbocycles. The maximum atomic E-state index is 14.3. The van der Waals surface area contributed by atoms with E-state index in [9.17, 15) is 19.2 Å². The summed E-state index contributed by atoms with van der Waals surface area (Å²) < 4.78 is 23.4. The van der Waals surface area contributed by atoms with Gasteiger partial charge >= 0.3 is 11.9 Å². The highest BCUT2D eigenvalue weighted by molar-refractivity contribution is 6.30. The lowest BCUT2D eigenvalue weighted by Gasteiger charge is -2.27. The summed E-state index contributed by atoms with van der Waals surface area (Å²) in [5, 5.41) is 9.83. The van der Waals surface area contributed by atoms with Gasteiger partial charge < -0.3 is 9.47 Å². The predicted molar refractivity (Wildman–Crippen MR) is 81.2 cm³/mol. The summed E-state index contributed by atoms with van der Waals surface area (Å²) in [7, 11) is 2.46. The van der Waals surface area contributed by atoms with Gasteiger partial charge in [-0.15, -0.1) is 0 Å². The van der Waals surface area contributed by atoms with E-state index in [1.807, 2.05) is 0 Å². The zero-order valence-electron chi connectivity index (χ0n) is 12.9. The number of halogens is 2. The number of nitriles is 1. The molecule has 0 bridgehead atoms. The zero-order valence-corrected chi connectivity index (χ0v) is 13.7. The molecular weight excluding hydrogens is 325 g/mol. The molecule has 0 aromatic heterocycles. The number of methoxy groups -OCH3 is 2. The van der Waals surface area contributed by atoms with Gasteiger partial charge in [0.05, 0.1) is 25.7 Å². The van der Waals surface area contributed by atoms with E-state index in [1.54, 1.807) is 0 Å². The van der Waals surface area contributed by atoms with Gasteiger partial charge in [-0.25, -0.2) is 4.39 Å². The van der Waals surface area contributed by atoms with Crippen molar-refractivity contribution in [2.24, 2.45) is 0 Å². The third-order valence-electron chi connectivity index (χ3n) is 3.63. The molecular formula is C16H17ClFNO4. The summed E-state index contributed by atoms with van der Waals surface area (Å²) in [6.45, 7) is 0. The Labute approximate surface area is 138 Å². The first-order chi connectivity index (χ1) is 10.9. The van der Waals surface area contributed by atoms with Crippen LogP contribution in [0.5, 0.6) is 0 Å². The van der Waals surface area contributed by atoms with Crippen molar-refractivity contribution >= 4 is 23.5 Å². The number of esters is 2. The third-order valence-corrected chi connectivity index (χ3v) is 3.86. The normalized spacial score (nSPS) is 10.7. The number of hydrogen-bond acceptors (Lipinski definition) is 5. The number of nitrogens with zero attached hydrogens (tertiary/aromatic N) is 1. The second kappa shape index (κ2) is 8.49. The number of carbonyl (C=O) groups is 2. The highest BCUT2D eigenvalue weighted by Gasteiger charge is 2.36. The first-order valence-electron chi connectivity index (χ1n) is 6.89. The van der Waals surface area contributed by atoms with Crippen LogP contribution in [-0.4, -0.2) is 26.2 Å². The fourth-order valence-electron chi connectivity index (χ4n) is 2.28. The van der Waals surface area contributed by atoms with Crippen LogP contribution < -0.4 is 0 Å². The van der Waals surface area contributed by atoms with E-state index in [2.05, 4.69) is 15.5 Å². The first-order valence-corrected chi connectivity index (χ1v) is 7.26. The lowest BCUT2D eigenvalue weighted by molar-refractivity contribution is -0.141. The van der Waals surface area contributed by atoms with Crippen molar-refractivity contribution < 1.29 is 23.5 Å². The Balaban J connectivity index is 3.18. The molecule has 1 rings (SSSR count). The van der Waals surface area contributed by atoms with Crippen LogP contribution in [0, 0.1) is 17.1 Å². The Hall–Kier alpha value is -2.13. The molecule has 0 heterocycles. The van der Waals surface area contributed by atoms with E-state index in [0.29, 0.717) is 0 Å².